The van der Waals surface area contributed by atoms with Crippen molar-refractivity contribution in [3.05, 3.63) is 82.4 Å². The van der Waals surface area contributed by atoms with Gasteiger partial charge in [0.2, 0.25) is 5.78 Å². The Hall–Kier alpha value is -4.35. The number of hydrogen-bond donors (Lipinski definition) is 1. The van der Waals surface area contributed by atoms with Crippen molar-refractivity contribution in [2.45, 2.75) is 19.5 Å². The van der Waals surface area contributed by atoms with Crippen molar-refractivity contribution >= 4 is 28.0 Å². The average molecular weight is 529 g/mol. The van der Waals surface area contributed by atoms with Gasteiger partial charge in [-0.15, -0.1) is 0 Å². The van der Waals surface area contributed by atoms with Gasteiger partial charge in [0.15, 0.2) is 23.3 Å². The smallest absolute Gasteiger partial charge is 0.382 e. The van der Waals surface area contributed by atoms with Gasteiger partial charge in [-0.25, -0.2) is 23.1 Å². The van der Waals surface area contributed by atoms with E-state index in [0.717, 1.165) is 6.07 Å². The average Bonchev–Trinajstić information content (AvgIpc) is 3.36. The highest BCUT2D eigenvalue weighted by Crippen LogP contribution is 2.47. The number of nitrogens with zero attached hydrogens (tertiary/aromatic N) is 4. The molecule has 38 heavy (non-hydrogen) atoms. The molecule has 2 aromatic carbocycles. The Kier molecular flexibility index (Phi) is 5.10. The largest absolute Gasteiger partial charge is 0.417 e. The molecule has 0 radical (unpaired) electrons. The minimum absolute atomic E-state index is 0.146. The molecule has 0 fully saturated rings. The lowest BCUT2D eigenvalue weighted by atomic mass is 9.93. The Bertz CT molecular complexity index is 1790. The van der Waals surface area contributed by atoms with Gasteiger partial charge in [0.25, 0.3) is 0 Å². The van der Waals surface area contributed by atoms with Crippen molar-refractivity contribution in [1.29, 1.82) is 0 Å². The summed E-state index contributed by atoms with van der Waals surface area (Å²) in [6, 6.07) is 5.11. The first-order chi connectivity index (χ1) is 18.0. The second-order valence-corrected chi connectivity index (χ2v) is 9.04. The number of anilines is 1. The maximum atomic E-state index is 14.5. The van der Waals surface area contributed by atoms with E-state index in [1.54, 1.807) is 18.5 Å². The van der Waals surface area contributed by atoms with Crippen molar-refractivity contribution in [2.75, 3.05) is 11.9 Å². The van der Waals surface area contributed by atoms with E-state index >= 15 is 0 Å². The van der Waals surface area contributed by atoms with Crippen molar-refractivity contribution in [1.82, 2.24) is 18.9 Å². The third kappa shape index (κ3) is 3.39. The number of hydrogen-bond acceptors (Lipinski definition) is 4. The second-order valence-electron chi connectivity index (χ2n) is 9.04. The van der Waals surface area contributed by atoms with Gasteiger partial charge in [-0.1, -0.05) is 6.07 Å². The minimum Gasteiger partial charge on any atom is -0.382 e. The number of benzene rings is 2. The molecule has 0 unspecified atom stereocenters. The topological polar surface area (TPSA) is 64.2 Å². The highest BCUT2D eigenvalue weighted by molar-refractivity contribution is 6.09. The molecular weight excluding hydrogens is 512 g/mol. The van der Waals surface area contributed by atoms with Gasteiger partial charge in [0.1, 0.15) is 11.3 Å². The number of alkyl halides is 3. The van der Waals surface area contributed by atoms with Crippen molar-refractivity contribution in [3.8, 4) is 11.1 Å². The summed E-state index contributed by atoms with van der Waals surface area (Å²) < 4.78 is 87.4. The SMILES string of the molecule is Cc1nc2c3c(c(C(F)(F)F)cc2n1C)-c1cccn2c(C(=O)c4cc(F)c(F)c(F)c4)nc(c12)CCN3. The van der Waals surface area contributed by atoms with Crippen LogP contribution in [0.1, 0.15) is 33.3 Å². The number of aromatic nitrogens is 4. The number of imidazole rings is 2. The van der Waals surface area contributed by atoms with Crippen LogP contribution in [-0.2, 0) is 19.6 Å². The summed E-state index contributed by atoms with van der Waals surface area (Å²) in [6.07, 6.45) is -3.07. The van der Waals surface area contributed by atoms with Crippen LogP contribution in [0.4, 0.5) is 32.0 Å². The molecule has 1 aliphatic rings. The molecule has 0 amide bonds. The van der Waals surface area contributed by atoms with Crippen LogP contribution in [-0.4, -0.2) is 31.3 Å². The number of aryl methyl sites for hydroxylation is 2. The maximum Gasteiger partial charge on any atom is 0.417 e. The van der Waals surface area contributed by atoms with Gasteiger partial charge in [0.05, 0.1) is 28.0 Å². The first-order valence-electron chi connectivity index (χ1n) is 11.5. The monoisotopic (exact) mass is 529 g/mol. The van der Waals surface area contributed by atoms with E-state index in [-0.39, 0.29) is 41.1 Å². The van der Waals surface area contributed by atoms with E-state index in [9.17, 15) is 31.1 Å². The fraction of sp³-hybridized carbons (Fsp3) is 0.192. The number of halogens is 6. The zero-order valence-corrected chi connectivity index (χ0v) is 19.8. The lowest BCUT2D eigenvalue weighted by Gasteiger charge is -2.22. The second kappa shape index (κ2) is 8.07. The van der Waals surface area contributed by atoms with Crippen molar-refractivity contribution in [3.63, 3.8) is 0 Å². The Morgan fingerprint density at radius 1 is 1.08 bits per heavy atom. The normalized spacial score (nSPS) is 13.4. The lowest BCUT2D eigenvalue weighted by molar-refractivity contribution is -0.137. The Morgan fingerprint density at radius 3 is 2.47 bits per heavy atom. The van der Waals surface area contributed by atoms with Crippen LogP contribution in [0, 0.1) is 24.4 Å². The van der Waals surface area contributed by atoms with E-state index in [0.29, 0.717) is 34.7 Å². The molecule has 12 heteroatoms. The molecule has 1 N–H and O–H groups in total. The molecule has 3 aromatic heterocycles. The number of pyridine rings is 1. The Balaban J connectivity index is 1.67. The number of carbonyl (C=O) groups is 1. The fourth-order valence-corrected chi connectivity index (χ4v) is 4.99. The van der Waals surface area contributed by atoms with Crippen LogP contribution in [0.5, 0.6) is 0 Å². The summed E-state index contributed by atoms with van der Waals surface area (Å²) in [7, 11) is 1.63. The molecule has 4 heterocycles. The summed E-state index contributed by atoms with van der Waals surface area (Å²) in [6.45, 7) is 1.87. The van der Waals surface area contributed by atoms with E-state index < -0.39 is 40.5 Å². The molecule has 1 aliphatic heterocycles. The van der Waals surface area contributed by atoms with Gasteiger partial charge < -0.3 is 9.88 Å². The molecule has 5 aromatic rings. The van der Waals surface area contributed by atoms with Crippen LogP contribution in [0.2, 0.25) is 0 Å². The van der Waals surface area contributed by atoms with Crippen LogP contribution < -0.4 is 5.32 Å². The summed E-state index contributed by atoms with van der Waals surface area (Å²) in [5.41, 5.74) is 0.0695. The Morgan fingerprint density at radius 2 is 1.79 bits per heavy atom. The number of ketones is 1. The lowest BCUT2D eigenvalue weighted by Crippen LogP contribution is -2.15. The predicted molar refractivity (Wildman–Crippen MR) is 127 cm³/mol. The molecule has 6 rings (SSSR count). The molecule has 0 saturated carbocycles. The summed E-state index contributed by atoms with van der Waals surface area (Å²) in [4.78, 5) is 22.1. The third-order valence-corrected chi connectivity index (χ3v) is 6.82. The molecule has 0 bridgehead atoms. The van der Waals surface area contributed by atoms with Gasteiger partial charge in [-0.05, 0) is 31.2 Å². The van der Waals surface area contributed by atoms with Gasteiger partial charge in [-0.3, -0.25) is 9.20 Å². The van der Waals surface area contributed by atoms with Crippen LogP contribution in [0.3, 0.4) is 0 Å². The number of carbonyl (C=O) groups excluding carboxylic acids is 1. The minimum atomic E-state index is -4.73. The molecule has 0 atom stereocenters. The molecule has 6 nitrogen and oxygen atoms in total. The molecule has 0 spiro atoms. The van der Waals surface area contributed by atoms with E-state index in [2.05, 4.69) is 15.3 Å². The highest BCUT2D eigenvalue weighted by atomic mass is 19.4. The van der Waals surface area contributed by atoms with Gasteiger partial charge >= 0.3 is 6.18 Å². The number of rotatable bonds is 2. The molecule has 194 valence electrons. The first kappa shape index (κ1) is 24.0. The molecular formula is C26H17F6N5O. The van der Waals surface area contributed by atoms with E-state index in [1.165, 1.54) is 22.7 Å². The summed E-state index contributed by atoms with van der Waals surface area (Å²) in [5, 5.41) is 3.09. The summed E-state index contributed by atoms with van der Waals surface area (Å²) in [5.74, 6) is -5.47. The van der Waals surface area contributed by atoms with E-state index in [4.69, 9.17) is 0 Å². The third-order valence-electron chi connectivity index (χ3n) is 6.82. The van der Waals surface area contributed by atoms with E-state index in [1.807, 2.05) is 0 Å². The predicted octanol–water partition coefficient (Wildman–Crippen LogP) is 5.83. The zero-order chi connectivity index (χ0) is 27.1. The summed E-state index contributed by atoms with van der Waals surface area (Å²) >= 11 is 0. The van der Waals surface area contributed by atoms with Gasteiger partial charge in [0, 0.05) is 42.9 Å². The zero-order valence-electron chi connectivity index (χ0n) is 19.8. The first-order valence-corrected chi connectivity index (χ1v) is 11.5. The molecule has 0 saturated heterocycles. The Labute approximate surface area is 210 Å². The molecule has 0 aliphatic carbocycles. The van der Waals surface area contributed by atoms with Crippen LogP contribution >= 0.6 is 0 Å². The highest BCUT2D eigenvalue weighted by Gasteiger charge is 2.38. The van der Waals surface area contributed by atoms with Crippen molar-refractivity contribution < 1.29 is 31.1 Å². The van der Waals surface area contributed by atoms with Gasteiger partial charge in [-0.2, -0.15) is 13.2 Å². The maximum absolute atomic E-state index is 14.5. The van der Waals surface area contributed by atoms with Crippen LogP contribution in [0.15, 0.2) is 36.5 Å². The van der Waals surface area contributed by atoms with Crippen LogP contribution in [0.25, 0.3) is 27.7 Å². The quantitative estimate of drug-likeness (QED) is 0.178. The fourth-order valence-electron chi connectivity index (χ4n) is 4.99. The number of fused-ring (bicyclic) bond motifs is 4. The van der Waals surface area contributed by atoms with Crippen molar-refractivity contribution in [2.24, 2.45) is 7.05 Å². The number of nitrogens with one attached hydrogen (secondary N) is 1. The standard InChI is InChI=1S/C26H17F6N5O/c1-11-34-21-18(36(11)2)10-14(26(30,31)32)19-13-4-3-7-37-23(13)17(5-6-33-22(19)21)35-25(37)24(38)12-8-15(27)20(29)16(28)9-12/h3-4,7-10,33H,5-6H2,1-2H3.